The normalized spacial score (nSPS) is 10.3. The highest BCUT2D eigenvalue weighted by atomic mass is 32.2. The summed E-state index contributed by atoms with van der Waals surface area (Å²) in [6.45, 7) is 1.72. The summed E-state index contributed by atoms with van der Waals surface area (Å²) in [5.41, 5.74) is 1.43. The molecule has 0 aliphatic carbocycles. The molecule has 0 spiro atoms. The Morgan fingerprint density at radius 1 is 1.15 bits per heavy atom. The number of anilines is 2. The van der Waals surface area contributed by atoms with Crippen molar-refractivity contribution in [1.82, 2.24) is 5.16 Å². The number of nitrogens with zero attached hydrogens (tertiary/aromatic N) is 1. The largest absolute Gasteiger partial charge is 0.481 e. The van der Waals surface area contributed by atoms with Gasteiger partial charge in [0.1, 0.15) is 5.76 Å². The topological polar surface area (TPSA) is 122 Å². The zero-order chi connectivity index (χ0) is 18.9. The first kappa shape index (κ1) is 19.5. The van der Waals surface area contributed by atoms with Gasteiger partial charge in [-0.15, -0.1) is 11.8 Å². The molecule has 0 fully saturated rings. The van der Waals surface area contributed by atoms with E-state index < -0.39 is 5.97 Å². The standard InChI is InChI=1S/C17H19N3O5S/c1-11-7-14(20-25-11)19-16(22)10-26-9-15(21)18-13-4-2-3-12(8-13)5-6-17(23)24/h2-4,7-8H,5-6,9-10H2,1H3,(H,18,21)(H,23,24)(H,19,20,22). The Morgan fingerprint density at radius 2 is 1.88 bits per heavy atom. The van der Waals surface area contributed by atoms with E-state index in [1.165, 1.54) is 11.8 Å². The molecule has 2 aromatic rings. The number of aromatic nitrogens is 1. The SMILES string of the molecule is Cc1cc(NC(=O)CSCC(=O)Nc2cccc(CCC(=O)O)c2)no1. The van der Waals surface area contributed by atoms with Gasteiger partial charge in [-0.05, 0) is 31.0 Å². The highest BCUT2D eigenvalue weighted by molar-refractivity contribution is 8.00. The first-order valence-electron chi connectivity index (χ1n) is 7.84. The number of hydrogen-bond acceptors (Lipinski definition) is 6. The third-order valence-corrected chi connectivity index (χ3v) is 4.13. The van der Waals surface area contributed by atoms with Crippen LogP contribution in [0.25, 0.3) is 0 Å². The molecule has 2 amide bonds. The van der Waals surface area contributed by atoms with Crippen molar-refractivity contribution in [2.24, 2.45) is 0 Å². The molecule has 1 aromatic carbocycles. The summed E-state index contributed by atoms with van der Waals surface area (Å²) in [6.07, 6.45) is 0.433. The summed E-state index contributed by atoms with van der Waals surface area (Å²) >= 11 is 1.17. The number of carboxylic acids is 1. The van der Waals surface area contributed by atoms with Crippen LogP contribution in [0.1, 0.15) is 17.7 Å². The second-order valence-electron chi connectivity index (χ2n) is 5.51. The van der Waals surface area contributed by atoms with Gasteiger partial charge in [0.15, 0.2) is 5.82 Å². The second-order valence-corrected chi connectivity index (χ2v) is 6.49. The predicted octanol–water partition coefficient (Wildman–Crippen LogP) is 2.31. The minimum Gasteiger partial charge on any atom is -0.481 e. The molecule has 0 radical (unpaired) electrons. The molecule has 3 N–H and O–H groups in total. The monoisotopic (exact) mass is 377 g/mol. The van der Waals surface area contributed by atoms with Crippen molar-refractivity contribution in [2.45, 2.75) is 19.8 Å². The van der Waals surface area contributed by atoms with E-state index in [1.807, 2.05) is 6.07 Å². The number of carbonyl (C=O) groups is 3. The molecule has 0 aliphatic heterocycles. The van der Waals surface area contributed by atoms with Crippen molar-refractivity contribution in [3.05, 3.63) is 41.7 Å². The van der Waals surface area contributed by atoms with Gasteiger partial charge in [-0.25, -0.2) is 0 Å². The summed E-state index contributed by atoms with van der Waals surface area (Å²) < 4.78 is 4.85. The lowest BCUT2D eigenvalue weighted by molar-refractivity contribution is -0.137. The minimum absolute atomic E-state index is 0.0351. The molecule has 9 heteroatoms. The molecule has 0 atom stereocenters. The molecule has 0 aliphatic rings. The highest BCUT2D eigenvalue weighted by Crippen LogP contribution is 2.13. The molecule has 0 bridgehead atoms. The van der Waals surface area contributed by atoms with Crippen LogP contribution >= 0.6 is 11.8 Å². The lowest BCUT2D eigenvalue weighted by atomic mass is 10.1. The summed E-state index contributed by atoms with van der Waals surface area (Å²) in [5.74, 6) is -0.214. The predicted molar refractivity (Wildman–Crippen MR) is 98.2 cm³/mol. The first-order chi connectivity index (χ1) is 12.4. The number of hydrogen-bond donors (Lipinski definition) is 3. The molecular formula is C17H19N3O5S. The quantitative estimate of drug-likeness (QED) is 0.613. The molecule has 1 heterocycles. The third kappa shape index (κ3) is 6.98. The van der Waals surface area contributed by atoms with E-state index in [0.29, 0.717) is 23.7 Å². The second kappa shape index (κ2) is 9.62. The number of aryl methyl sites for hydroxylation is 2. The molecule has 8 nitrogen and oxygen atoms in total. The lowest BCUT2D eigenvalue weighted by Crippen LogP contribution is -2.18. The van der Waals surface area contributed by atoms with E-state index in [-0.39, 0.29) is 29.7 Å². The molecule has 1 aromatic heterocycles. The van der Waals surface area contributed by atoms with Crippen LogP contribution in [0.5, 0.6) is 0 Å². The Morgan fingerprint density at radius 3 is 2.54 bits per heavy atom. The summed E-state index contributed by atoms with van der Waals surface area (Å²) in [7, 11) is 0. The van der Waals surface area contributed by atoms with Crippen molar-refractivity contribution in [3.63, 3.8) is 0 Å². The van der Waals surface area contributed by atoms with Gasteiger partial charge in [0.2, 0.25) is 11.8 Å². The number of benzene rings is 1. The molecule has 0 saturated heterocycles. The molecule has 0 unspecified atom stereocenters. The molecule has 0 saturated carbocycles. The summed E-state index contributed by atoms with van der Waals surface area (Å²) in [4.78, 5) is 34.3. The minimum atomic E-state index is -0.866. The number of carboxylic acid groups (broad SMARTS) is 1. The van der Waals surface area contributed by atoms with Crippen LogP contribution in [0.2, 0.25) is 0 Å². The van der Waals surface area contributed by atoms with Crippen LogP contribution in [0, 0.1) is 6.92 Å². The van der Waals surface area contributed by atoms with Gasteiger partial charge in [0.25, 0.3) is 0 Å². The van der Waals surface area contributed by atoms with Crippen molar-refractivity contribution < 1.29 is 24.0 Å². The Labute approximate surface area is 154 Å². The van der Waals surface area contributed by atoms with E-state index in [2.05, 4.69) is 15.8 Å². The Bertz CT molecular complexity index is 790. The van der Waals surface area contributed by atoms with Crippen molar-refractivity contribution in [3.8, 4) is 0 Å². The van der Waals surface area contributed by atoms with Crippen LogP contribution < -0.4 is 10.6 Å². The maximum Gasteiger partial charge on any atom is 0.303 e. The van der Waals surface area contributed by atoms with Crippen LogP contribution in [-0.2, 0) is 20.8 Å². The van der Waals surface area contributed by atoms with Gasteiger partial charge in [-0.1, -0.05) is 17.3 Å². The zero-order valence-electron chi connectivity index (χ0n) is 14.2. The molecular weight excluding hydrogens is 358 g/mol. The maximum absolute atomic E-state index is 11.9. The van der Waals surface area contributed by atoms with Crippen molar-refractivity contribution >= 4 is 41.1 Å². The Kier molecular flexibility index (Phi) is 7.22. The van der Waals surface area contributed by atoms with Gasteiger partial charge in [-0.3, -0.25) is 14.4 Å². The number of nitrogens with one attached hydrogen (secondary N) is 2. The van der Waals surface area contributed by atoms with Crippen LogP contribution in [0.3, 0.4) is 0 Å². The number of carbonyl (C=O) groups excluding carboxylic acids is 2. The van der Waals surface area contributed by atoms with Gasteiger partial charge in [-0.2, -0.15) is 0 Å². The average molecular weight is 377 g/mol. The van der Waals surface area contributed by atoms with E-state index in [1.54, 1.807) is 31.2 Å². The van der Waals surface area contributed by atoms with E-state index >= 15 is 0 Å². The number of rotatable bonds is 9. The van der Waals surface area contributed by atoms with Gasteiger partial charge in [0, 0.05) is 18.2 Å². The van der Waals surface area contributed by atoms with Crippen molar-refractivity contribution in [1.29, 1.82) is 0 Å². The lowest BCUT2D eigenvalue weighted by Gasteiger charge is -2.07. The average Bonchev–Trinajstić information content (AvgIpc) is 2.98. The number of aliphatic carboxylic acids is 1. The summed E-state index contributed by atoms with van der Waals surface area (Å²) in [5, 5.41) is 17.7. The fourth-order valence-corrected chi connectivity index (χ4v) is 2.71. The summed E-state index contributed by atoms with van der Waals surface area (Å²) in [6, 6.07) is 8.64. The first-order valence-corrected chi connectivity index (χ1v) is 8.99. The van der Waals surface area contributed by atoms with Gasteiger partial charge < -0.3 is 20.3 Å². The van der Waals surface area contributed by atoms with Crippen LogP contribution in [-0.4, -0.2) is 39.6 Å². The zero-order valence-corrected chi connectivity index (χ0v) is 15.0. The van der Waals surface area contributed by atoms with Crippen LogP contribution in [0.15, 0.2) is 34.9 Å². The van der Waals surface area contributed by atoms with Crippen LogP contribution in [0.4, 0.5) is 11.5 Å². The van der Waals surface area contributed by atoms with Gasteiger partial charge >= 0.3 is 5.97 Å². The van der Waals surface area contributed by atoms with E-state index in [0.717, 1.165) is 5.56 Å². The maximum atomic E-state index is 11.9. The Balaban J connectivity index is 1.72. The smallest absolute Gasteiger partial charge is 0.303 e. The fourth-order valence-electron chi connectivity index (χ4n) is 2.09. The molecule has 138 valence electrons. The van der Waals surface area contributed by atoms with Crippen molar-refractivity contribution in [2.75, 3.05) is 22.1 Å². The third-order valence-electron chi connectivity index (χ3n) is 3.20. The number of amides is 2. The van der Waals surface area contributed by atoms with Gasteiger partial charge in [0.05, 0.1) is 11.5 Å². The van der Waals surface area contributed by atoms with E-state index in [9.17, 15) is 14.4 Å². The molecule has 2 rings (SSSR count). The highest BCUT2D eigenvalue weighted by Gasteiger charge is 2.09. The molecule has 26 heavy (non-hydrogen) atoms. The number of thioether (sulfide) groups is 1. The Hall–Kier alpha value is -2.81. The van der Waals surface area contributed by atoms with E-state index in [4.69, 9.17) is 9.63 Å². The fraction of sp³-hybridized carbons (Fsp3) is 0.294.